The van der Waals surface area contributed by atoms with Gasteiger partial charge in [0.2, 0.25) is 29.6 Å². The molecule has 13 N–H and O–H groups in total. The van der Waals surface area contributed by atoms with Gasteiger partial charge in [0.15, 0.2) is 70.1 Å². The number of carbonyl (C=O) groups excluding carboxylic acids is 6. The van der Waals surface area contributed by atoms with Crippen LogP contribution in [0.1, 0.15) is 59.3 Å². The molecule has 27 heteroatoms. The molecule has 8 rings (SSSR count). The van der Waals surface area contributed by atoms with Gasteiger partial charge < -0.3 is 99.5 Å². The normalized spacial score (nSPS) is 24.3. The van der Waals surface area contributed by atoms with Gasteiger partial charge in [-0.1, -0.05) is 0 Å². The molecule has 0 saturated carbocycles. The summed E-state index contributed by atoms with van der Waals surface area (Å²) >= 11 is 0. The molecule has 4 aromatic carbocycles. The van der Waals surface area contributed by atoms with E-state index in [9.17, 15) is 99.9 Å². The van der Waals surface area contributed by atoms with Gasteiger partial charge in [-0.25, -0.2) is 24.0 Å². The third kappa shape index (κ3) is 7.31. The van der Waals surface area contributed by atoms with Gasteiger partial charge in [-0.15, -0.1) is 0 Å². The third-order valence-corrected chi connectivity index (χ3v) is 11.2. The molecule has 356 valence electrons. The molecular formula is C41H30O27. The number of ether oxygens (including phenoxy) is 7. The van der Waals surface area contributed by atoms with Crippen LogP contribution in [0.25, 0.3) is 11.1 Å². The fraction of sp³-hybridized carbons (Fsp3) is 0.244. The van der Waals surface area contributed by atoms with Crippen LogP contribution in [0.5, 0.6) is 69.0 Å². The highest BCUT2D eigenvalue weighted by Crippen LogP contribution is 2.54. The van der Waals surface area contributed by atoms with Gasteiger partial charge in [0, 0.05) is 22.6 Å². The average molecular weight is 955 g/mol. The van der Waals surface area contributed by atoms with Crippen LogP contribution in [0.15, 0.2) is 30.3 Å². The predicted molar refractivity (Wildman–Crippen MR) is 206 cm³/mol. The number of carbonyl (C=O) groups is 7. The van der Waals surface area contributed by atoms with Crippen LogP contribution in [0.4, 0.5) is 0 Å². The Kier molecular flexibility index (Phi) is 11.0. The molecular weight excluding hydrogens is 924 g/mol. The Labute approximate surface area is 374 Å². The van der Waals surface area contributed by atoms with Crippen LogP contribution in [-0.2, 0) is 42.8 Å². The van der Waals surface area contributed by atoms with Crippen molar-refractivity contribution in [1.82, 2.24) is 0 Å². The van der Waals surface area contributed by atoms with E-state index in [4.69, 9.17) is 33.2 Å². The number of fused-ring (bicyclic) bond motifs is 3. The van der Waals surface area contributed by atoms with E-state index >= 15 is 0 Å². The number of benzene rings is 4. The second kappa shape index (κ2) is 16.4. The van der Waals surface area contributed by atoms with Crippen LogP contribution in [0.2, 0.25) is 0 Å². The summed E-state index contributed by atoms with van der Waals surface area (Å²) in [5.74, 6) is -32.0. The van der Waals surface area contributed by atoms with Crippen molar-refractivity contribution in [2.75, 3.05) is 6.61 Å². The summed E-state index contributed by atoms with van der Waals surface area (Å²) in [6.45, 7) is -1.31. The lowest BCUT2D eigenvalue weighted by Gasteiger charge is -2.44. The lowest BCUT2D eigenvalue weighted by Crippen LogP contribution is -2.63. The lowest BCUT2D eigenvalue weighted by atomic mass is 9.76. The van der Waals surface area contributed by atoms with Gasteiger partial charge in [-0.2, -0.15) is 0 Å². The van der Waals surface area contributed by atoms with Gasteiger partial charge in [0.1, 0.15) is 12.7 Å². The number of rotatable bonds is 4. The Bertz CT molecular complexity index is 2900. The first-order valence-corrected chi connectivity index (χ1v) is 19.2. The zero-order valence-corrected chi connectivity index (χ0v) is 33.4. The Balaban J connectivity index is 1.39. The summed E-state index contributed by atoms with van der Waals surface area (Å²) in [4.78, 5) is 96.8. The first-order valence-electron chi connectivity index (χ1n) is 19.2. The minimum atomic E-state index is -2.58. The van der Waals surface area contributed by atoms with Crippen LogP contribution in [-0.4, -0.2) is 152 Å². The zero-order chi connectivity index (χ0) is 49.5. The molecule has 0 spiro atoms. The first kappa shape index (κ1) is 45.5. The van der Waals surface area contributed by atoms with Gasteiger partial charge in [-0.3, -0.25) is 9.59 Å². The molecule has 4 aliphatic rings. The predicted octanol–water partition coefficient (Wildman–Crippen LogP) is -0.00170. The van der Waals surface area contributed by atoms with Crippen molar-refractivity contribution in [3.05, 3.63) is 58.1 Å². The molecule has 4 heterocycles. The molecule has 4 aromatic rings. The largest absolute Gasteiger partial charge is 0.504 e. The molecule has 0 aromatic heterocycles. The zero-order valence-electron chi connectivity index (χ0n) is 33.4. The number of hydrogen-bond acceptors (Lipinski definition) is 26. The topological polar surface area (TPSA) is 447 Å². The molecule has 1 saturated heterocycles. The first-order chi connectivity index (χ1) is 32.0. The van der Waals surface area contributed by atoms with Crippen LogP contribution >= 0.6 is 0 Å². The molecule has 27 nitrogen and oxygen atoms in total. The Morgan fingerprint density at radius 3 is 1.69 bits per heavy atom. The maximum Gasteiger partial charge on any atom is 0.341 e. The highest BCUT2D eigenvalue weighted by molar-refractivity contribution is 6.08. The number of cyclic esters (lactones) is 1. The number of aliphatic hydroxyl groups is 1. The monoisotopic (exact) mass is 954 g/mol. The number of aromatic hydroxyl groups is 11. The minimum absolute atomic E-state index is 0.361. The number of phenols is 11. The van der Waals surface area contributed by atoms with E-state index < -0.39 is 211 Å². The second-order valence-electron chi connectivity index (χ2n) is 15.2. The third-order valence-electron chi connectivity index (χ3n) is 11.2. The van der Waals surface area contributed by atoms with Crippen molar-refractivity contribution in [2.24, 2.45) is 5.92 Å². The number of aliphatic hydroxyl groups excluding tert-OH is 1. The van der Waals surface area contributed by atoms with Crippen molar-refractivity contribution < 1.29 is 133 Å². The van der Waals surface area contributed by atoms with Crippen molar-refractivity contribution in [2.45, 2.75) is 49.1 Å². The standard InChI is InChI=1S/C41H30O27/c42-13-1-8(2-14(43)24(13)49)35(56)68-41-34-33-31(64-39(60)12(6-19(47)48)22-23-11(38(59)67-34)5-17(46)27(52)32(23)65-40(61)30(22)55)18(63-41)7-62-36(57)9-3-15(44)25(50)28(53)20(9)21-10(37(58)66-33)4-16(45)26(51)29(21)54/h1-5,12,18,22,30-31,33-34,41-46,49-55H,6-7H2,(H,47,48)/t12-,18+,22-,30+,31+,33-,34+,41-/m0/s1. The summed E-state index contributed by atoms with van der Waals surface area (Å²) in [5, 5.41) is 137. The van der Waals surface area contributed by atoms with Crippen molar-refractivity contribution in [3.63, 3.8) is 0 Å². The highest BCUT2D eigenvalue weighted by Gasteiger charge is 2.58. The maximum absolute atomic E-state index is 14.6. The quantitative estimate of drug-likeness (QED) is 0.0554. The maximum atomic E-state index is 14.6. The number of aliphatic carboxylic acids is 1. The summed E-state index contributed by atoms with van der Waals surface area (Å²) in [6.07, 6.45) is -16.3. The fourth-order valence-electron chi connectivity index (χ4n) is 8.04. The molecule has 0 unspecified atom stereocenters. The van der Waals surface area contributed by atoms with Crippen molar-refractivity contribution >= 4 is 41.8 Å². The number of hydrogen-bond donors (Lipinski definition) is 13. The van der Waals surface area contributed by atoms with Crippen LogP contribution < -0.4 is 4.74 Å². The van der Waals surface area contributed by atoms with E-state index in [0.29, 0.717) is 30.3 Å². The Morgan fingerprint density at radius 1 is 0.588 bits per heavy atom. The molecule has 0 amide bonds. The van der Waals surface area contributed by atoms with Crippen LogP contribution in [0.3, 0.4) is 0 Å². The molecule has 68 heavy (non-hydrogen) atoms. The summed E-state index contributed by atoms with van der Waals surface area (Å²) < 4.78 is 38.8. The van der Waals surface area contributed by atoms with Gasteiger partial charge in [0.25, 0.3) is 0 Å². The van der Waals surface area contributed by atoms with E-state index in [1.807, 2.05) is 0 Å². The van der Waals surface area contributed by atoms with E-state index in [1.54, 1.807) is 0 Å². The smallest absolute Gasteiger partial charge is 0.341 e. The highest BCUT2D eigenvalue weighted by atomic mass is 16.7. The van der Waals surface area contributed by atoms with Crippen LogP contribution in [0, 0.1) is 5.92 Å². The van der Waals surface area contributed by atoms with E-state index in [2.05, 4.69) is 0 Å². The number of carboxylic acid groups (broad SMARTS) is 1. The Morgan fingerprint density at radius 2 is 1.10 bits per heavy atom. The molecule has 4 bridgehead atoms. The molecule has 0 aliphatic carbocycles. The van der Waals surface area contributed by atoms with Gasteiger partial charge in [0.05, 0.1) is 34.6 Å². The number of esters is 6. The van der Waals surface area contributed by atoms with E-state index in [-0.39, 0.29) is 0 Å². The summed E-state index contributed by atoms with van der Waals surface area (Å²) in [5.41, 5.74) is -7.08. The Hall–Kier alpha value is -9.11. The molecule has 0 radical (unpaired) electrons. The average Bonchev–Trinajstić information content (AvgIpc) is 3.28. The summed E-state index contributed by atoms with van der Waals surface area (Å²) in [7, 11) is 0. The molecule has 1 fully saturated rings. The SMILES string of the molecule is O=C(O)C[C@@H]1C(=O)O[C@H]2[C@@H]3OC(=O)c4cc(O)c(O)c(O)c4-c4c(cc(O)c(O)c4O)C(=O)OC[C@H]2O[C@@H](OC(=O)c2cc(O)c(O)c(O)c2)[C@@H]3OC(=O)c2cc(O)c(O)c3c2[C@H]1[C@@H](O)C(=O)O3. The van der Waals surface area contributed by atoms with Crippen molar-refractivity contribution in [1.29, 1.82) is 0 Å². The molecule has 8 atom stereocenters. The van der Waals surface area contributed by atoms with E-state index in [0.717, 1.165) is 0 Å². The minimum Gasteiger partial charge on any atom is -0.504 e. The lowest BCUT2D eigenvalue weighted by molar-refractivity contribution is -0.287. The van der Waals surface area contributed by atoms with Gasteiger partial charge >= 0.3 is 41.8 Å². The molecule has 4 aliphatic heterocycles. The number of phenolic OH excluding ortho intramolecular Hbond substituents is 11. The summed E-state index contributed by atoms with van der Waals surface area (Å²) in [6, 6.07) is 2.36. The second-order valence-corrected chi connectivity index (χ2v) is 15.2. The fourth-order valence-corrected chi connectivity index (χ4v) is 8.04. The number of carboxylic acids is 1. The van der Waals surface area contributed by atoms with E-state index in [1.165, 1.54) is 0 Å². The van der Waals surface area contributed by atoms with Gasteiger partial charge in [-0.05, 0) is 30.3 Å². The van der Waals surface area contributed by atoms with Crippen molar-refractivity contribution in [3.8, 4) is 80.1 Å².